The van der Waals surface area contributed by atoms with Gasteiger partial charge in [0.05, 0.1) is 29.7 Å². The summed E-state index contributed by atoms with van der Waals surface area (Å²) >= 11 is 12.1. The summed E-state index contributed by atoms with van der Waals surface area (Å²) in [6, 6.07) is 11.4. The first-order valence-electron chi connectivity index (χ1n) is 7.56. The molecule has 0 bridgehead atoms. The number of aromatic nitrogens is 1. The standard InChI is InChI=1S/C17H19Cl2N5.HI/c1-3-21-17(22-10-13-6-4-5-12(7-13)9-20)23-11-14-8-15(18)16(19)24(14)2;/h4-8H,3,10-11H2,1-2H3,(H2,21,22,23);1H. The average Bonchev–Trinajstić information content (AvgIpc) is 2.84. The fourth-order valence-electron chi connectivity index (χ4n) is 2.18. The molecular formula is C17H20Cl2IN5. The number of nitrogens with one attached hydrogen (secondary N) is 2. The summed E-state index contributed by atoms with van der Waals surface area (Å²) in [7, 11) is 1.86. The third-order valence-corrected chi connectivity index (χ3v) is 4.31. The summed E-state index contributed by atoms with van der Waals surface area (Å²) in [5, 5.41) is 16.4. The predicted molar refractivity (Wildman–Crippen MR) is 114 cm³/mol. The van der Waals surface area contributed by atoms with Gasteiger partial charge in [0.25, 0.3) is 0 Å². The molecule has 0 aliphatic carbocycles. The maximum Gasteiger partial charge on any atom is 0.191 e. The minimum atomic E-state index is 0. The van der Waals surface area contributed by atoms with E-state index in [1.54, 1.807) is 6.07 Å². The number of rotatable bonds is 5. The van der Waals surface area contributed by atoms with Crippen molar-refractivity contribution < 1.29 is 0 Å². The molecule has 2 N–H and O–H groups in total. The van der Waals surface area contributed by atoms with Crippen LogP contribution in [0.2, 0.25) is 10.2 Å². The first-order valence-corrected chi connectivity index (χ1v) is 8.31. The maximum absolute atomic E-state index is 8.95. The lowest BCUT2D eigenvalue weighted by Crippen LogP contribution is -2.37. The van der Waals surface area contributed by atoms with Crippen molar-refractivity contribution in [3.05, 3.63) is 57.3 Å². The normalized spacial score (nSPS) is 10.8. The van der Waals surface area contributed by atoms with Crippen LogP contribution in [0, 0.1) is 11.3 Å². The smallest absolute Gasteiger partial charge is 0.191 e. The van der Waals surface area contributed by atoms with Crippen LogP contribution in [0.4, 0.5) is 0 Å². The van der Waals surface area contributed by atoms with Gasteiger partial charge in [0.2, 0.25) is 0 Å². The minimum absolute atomic E-state index is 0. The van der Waals surface area contributed by atoms with Crippen LogP contribution >= 0.6 is 47.2 Å². The van der Waals surface area contributed by atoms with Crippen molar-refractivity contribution in [1.29, 1.82) is 5.26 Å². The van der Waals surface area contributed by atoms with Crippen molar-refractivity contribution in [2.75, 3.05) is 6.54 Å². The molecular weight excluding hydrogens is 472 g/mol. The van der Waals surface area contributed by atoms with Gasteiger partial charge in [-0.15, -0.1) is 24.0 Å². The van der Waals surface area contributed by atoms with Crippen molar-refractivity contribution >= 4 is 53.1 Å². The Hall–Kier alpha value is -1.43. The number of guanidine groups is 1. The molecule has 0 saturated heterocycles. The monoisotopic (exact) mass is 491 g/mol. The van der Waals surface area contributed by atoms with E-state index < -0.39 is 0 Å². The zero-order valence-corrected chi connectivity index (χ0v) is 17.9. The van der Waals surface area contributed by atoms with Gasteiger partial charge in [0.1, 0.15) is 5.15 Å². The fraction of sp³-hybridized carbons (Fsp3) is 0.294. The van der Waals surface area contributed by atoms with E-state index in [0.717, 1.165) is 17.8 Å². The fourth-order valence-corrected chi connectivity index (χ4v) is 2.60. The van der Waals surface area contributed by atoms with Crippen LogP contribution in [0.1, 0.15) is 23.7 Å². The Morgan fingerprint density at radius 1 is 1.28 bits per heavy atom. The van der Waals surface area contributed by atoms with Crippen LogP contribution in [-0.4, -0.2) is 17.1 Å². The Morgan fingerprint density at radius 2 is 2.04 bits per heavy atom. The molecule has 8 heteroatoms. The molecule has 5 nitrogen and oxygen atoms in total. The molecule has 0 unspecified atom stereocenters. The second-order valence-corrected chi connectivity index (χ2v) is 5.96. The highest BCUT2D eigenvalue weighted by molar-refractivity contribution is 14.0. The van der Waals surface area contributed by atoms with Crippen molar-refractivity contribution in [2.24, 2.45) is 12.0 Å². The molecule has 1 aromatic carbocycles. The Bertz CT molecular complexity index is 780. The lowest BCUT2D eigenvalue weighted by atomic mass is 10.1. The summed E-state index contributed by atoms with van der Waals surface area (Å²) in [6.07, 6.45) is 0. The van der Waals surface area contributed by atoms with E-state index in [-0.39, 0.29) is 24.0 Å². The van der Waals surface area contributed by atoms with Crippen LogP contribution < -0.4 is 10.6 Å². The molecule has 0 saturated carbocycles. The van der Waals surface area contributed by atoms with Crippen molar-refractivity contribution in [1.82, 2.24) is 15.2 Å². The zero-order valence-electron chi connectivity index (χ0n) is 14.0. The molecule has 0 aliphatic rings. The lowest BCUT2D eigenvalue weighted by molar-refractivity contribution is 0.752. The number of hydrogen-bond acceptors (Lipinski definition) is 2. The first-order chi connectivity index (χ1) is 11.5. The Balaban J connectivity index is 0.00000312. The molecule has 134 valence electrons. The van der Waals surface area contributed by atoms with Gasteiger partial charge in [-0.05, 0) is 30.7 Å². The van der Waals surface area contributed by atoms with Gasteiger partial charge in [0.15, 0.2) is 5.96 Å². The van der Waals surface area contributed by atoms with E-state index >= 15 is 0 Å². The average molecular weight is 492 g/mol. The molecule has 0 aliphatic heterocycles. The van der Waals surface area contributed by atoms with Gasteiger partial charge in [-0.3, -0.25) is 0 Å². The molecule has 0 amide bonds. The molecule has 0 atom stereocenters. The van der Waals surface area contributed by atoms with Crippen LogP contribution in [-0.2, 0) is 20.1 Å². The van der Waals surface area contributed by atoms with Gasteiger partial charge < -0.3 is 15.2 Å². The molecule has 25 heavy (non-hydrogen) atoms. The summed E-state index contributed by atoms with van der Waals surface area (Å²) in [6.45, 7) is 3.79. The summed E-state index contributed by atoms with van der Waals surface area (Å²) in [5.74, 6) is 0.688. The van der Waals surface area contributed by atoms with E-state index in [4.69, 9.17) is 28.5 Å². The largest absolute Gasteiger partial charge is 0.357 e. The van der Waals surface area contributed by atoms with Crippen LogP contribution in [0.25, 0.3) is 0 Å². The second kappa shape index (κ2) is 10.5. The van der Waals surface area contributed by atoms with E-state index in [1.807, 2.05) is 42.8 Å². The van der Waals surface area contributed by atoms with Crippen LogP contribution in [0.5, 0.6) is 0 Å². The zero-order chi connectivity index (χ0) is 17.5. The summed E-state index contributed by atoms with van der Waals surface area (Å²) in [4.78, 5) is 4.54. The summed E-state index contributed by atoms with van der Waals surface area (Å²) in [5.41, 5.74) is 2.58. The third-order valence-electron chi connectivity index (χ3n) is 3.47. The van der Waals surface area contributed by atoms with E-state index in [9.17, 15) is 0 Å². The molecule has 0 fully saturated rings. The molecule has 1 aromatic heterocycles. The number of hydrogen-bond donors (Lipinski definition) is 2. The predicted octanol–water partition coefficient (Wildman–Crippen LogP) is 4.08. The molecule has 0 radical (unpaired) electrons. The number of halogens is 3. The van der Waals surface area contributed by atoms with Gasteiger partial charge in [-0.2, -0.15) is 5.26 Å². The Kier molecular flexibility index (Phi) is 9.11. The van der Waals surface area contributed by atoms with E-state index in [2.05, 4.69) is 21.7 Å². The van der Waals surface area contributed by atoms with Gasteiger partial charge in [-0.25, -0.2) is 4.99 Å². The SMILES string of the molecule is CCNC(=NCc1cccc(C#N)c1)NCc1cc(Cl)c(Cl)n1C.I. The maximum atomic E-state index is 8.95. The van der Waals surface area contributed by atoms with E-state index in [1.165, 1.54) is 0 Å². The van der Waals surface area contributed by atoms with Gasteiger partial charge in [-0.1, -0.05) is 35.3 Å². The van der Waals surface area contributed by atoms with Crippen molar-refractivity contribution in [3.8, 4) is 6.07 Å². The highest BCUT2D eigenvalue weighted by atomic mass is 127. The summed E-state index contributed by atoms with van der Waals surface area (Å²) < 4.78 is 1.83. The van der Waals surface area contributed by atoms with Crippen molar-refractivity contribution in [2.45, 2.75) is 20.0 Å². The first kappa shape index (κ1) is 21.6. The highest BCUT2D eigenvalue weighted by Gasteiger charge is 2.09. The van der Waals surface area contributed by atoms with Crippen LogP contribution in [0.3, 0.4) is 0 Å². The topological polar surface area (TPSA) is 65.1 Å². The van der Waals surface area contributed by atoms with Gasteiger partial charge in [0, 0.05) is 19.3 Å². The lowest BCUT2D eigenvalue weighted by Gasteiger charge is -2.12. The third kappa shape index (κ3) is 6.10. The highest BCUT2D eigenvalue weighted by Crippen LogP contribution is 2.24. The van der Waals surface area contributed by atoms with Crippen LogP contribution in [0.15, 0.2) is 35.3 Å². The molecule has 2 aromatic rings. The molecule has 2 rings (SSSR count). The molecule has 0 spiro atoms. The number of nitrogens with zero attached hydrogens (tertiary/aromatic N) is 3. The Labute approximate surface area is 175 Å². The van der Waals surface area contributed by atoms with E-state index in [0.29, 0.717) is 34.8 Å². The number of aliphatic imine (C=N–C) groups is 1. The van der Waals surface area contributed by atoms with Crippen molar-refractivity contribution in [3.63, 3.8) is 0 Å². The molecule has 1 heterocycles. The second-order valence-electron chi connectivity index (χ2n) is 5.19. The minimum Gasteiger partial charge on any atom is -0.357 e. The number of benzene rings is 1. The Morgan fingerprint density at radius 3 is 2.64 bits per heavy atom. The quantitative estimate of drug-likeness (QED) is 0.376. The number of nitriles is 1. The van der Waals surface area contributed by atoms with Gasteiger partial charge >= 0.3 is 0 Å².